The zero-order valence-electron chi connectivity index (χ0n) is 9.56. The first-order valence-corrected chi connectivity index (χ1v) is 5.20. The lowest BCUT2D eigenvalue weighted by Crippen LogP contribution is -2.24. The van der Waals surface area contributed by atoms with Crippen LogP contribution in [0.15, 0.2) is 4.52 Å². The van der Waals surface area contributed by atoms with E-state index >= 15 is 0 Å². The van der Waals surface area contributed by atoms with Crippen molar-refractivity contribution in [3.63, 3.8) is 0 Å². The van der Waals surface area contributed by atoms with E-state index < -0.39 is 0 Å². The molecule has 1 unspecified atom stereocenters. The Morgan fingerprint density at radius 2 is 2.13 bits per heavy atom. The van der Waals surface area contributed by atoms with E-state index in [1.807, 2.05) is 0 Å². The van der Waals surface area contributed by atoms with Gasteiger partial charge in [-0.15, -0.1) is 0 Å². The van der Waals surface area contributed by atoms with Crippen molar-refractivity contribution in [1.29, 1.82) is 0 Å². The smallest absolute Gasteiger partial charge is 0.229 e. The molecular formula is C10H19N3O2. The fraction of sp³-hybridized carbons (Fsp3) is 0.800. The Labute approximate surface area is 90.0 Å². The van der Waals surface area contributed by atoms with E-state index in [1.165, 1.54) is 0 Å². The molecule has 1 rings (SSSR count). The molecule has 86 valence electrons. The van der Waals surface area contributed by atoms with Gasteiger partial charge in [-0.2, -0.15) is 4.98 Å². The minimum absolute atomic E-state index is 0.0441. The average molecular weight is 213 g/mol. The molecule has 0 spiro atoms. The molecule has 0 aliphatic carbocycles. The van der Waals surface area contributed by atoms with E-state index in [0.29, 0.717) is 24.8 Å². The number of rotatable bonds is 6. The molecule has 0 saturated carbocycles. The Morgan fingerprint density at radius 1 is 1.40 bits per heavy atom. The maximum atomic E-state index is 5.50. The molecule has 0 aliphatic rings. The molecule has 0 radical (unpaired) electrons. The summed E-state index contributed by atoms with van der Waals surface area (Å²) in [6.07, 6.45) is 1.37. The Bertz CT molecular complexity index is 282. The van der Waals surface area contributed by atoms with Gasteiger partial charge in [0.1, 0.15) is 0 Å². The number of methoxy groups -OCH3 is 1. The van der Waals surface area contributed by atoms with Gasteiger partial charge < -0.3 is 15.0 Å². The van der Waals surface area contributed by atoms with Crippen LogP contribution < -0.4 is 5.73 Å². The maximum Gasteiger partial charge on any atom is 0.229 e. The van der Waals surface area contributed by atoms with E-state index in [0.717, 1.165) is 12.2 Å². The predicted octanol–water partition coefficient (Wildman–Crippen LogP) is 0.784. The van der Waals surface area contributed by atoms with Crippen molar-refractivity contribution in [1.82, 2.24) is 10.1 Å². The molecule has 1 aromatic rings. The van der Waals surface area contributed by atoms with Gasteiger partial charge in [0.15, 0.2) is 5.82 Å². The molecule has 0 amide bonds. The van der Waals surface area contributed by atoms with Gasteiger partial charge >= 0.3 is 0 Å². The molecule has 1 aromatic heterocycles. The van der Waals surface area contributed by atoms with Crippen LogP contribution in [0.2, 0.25) is 0 Å². The summed E-state index contributed by atoms with van der Waals surface area (Å²) in [4.78, 5) is 4.27. The summed E-state index contributed by atoms with van der Waals surface area (Å²) >= 11 is 0. The van der Waals surface area contributed by atoms with E-state index in [9.17, 15) is 0 Å². The molecule has 0 fully saturated rings. The maximum absolute atomic E-state index is 5.50. The molecular weight excluding hydrogens is 194 g/mol. The average Bonchev–Trinajstić information content (AvgIpc) is 2.61. The topological polar surface area (TPSA) is 74.2 Å². The van der Waals surface area contributed by atoms with Crippen LogP contribution in [0, 0.1) is 5.92 Å². The number of hydrogen-bond acceptors (Lipinski definition) is 5. The molecule has 1 atom stereocenters. The number of aromatic nitrogens is 2. The van der Waals surface area contributed by atoms with Crippen LogP contribution in [-0.2, 0) is 17.6 Å². The largest absolute Gasteiger partial charge is 0.380 e. The van der Waals surface area contributed by atoms with Gasteiger partial charge in [-0.1, -0.05) is 19.0 Å². The second-order valence-electron chi connectivity index (χ2n) is 4.00. The monoisotopic (exact) mass is 213 g/mol. The van der Waals surface area contributed by atoms with Crippen LogP contribution in [-0.4, -0.2) is 29.9 Å². The molecule has 5 heteroatoms. The Kier molecular flexibility index (Phi) is 4.71. The van der Waals surface area contributed by atoms with Gasteiger partial charge in [0.25, 0.3) is 0 Å². The lowest BCUT2D eigenvalue weighted by molar-refractivity contribution is 0.102. The summed E-state index contributed by atoms with van der Waals surface area (Å²) < 4.78 is 10.2. The molecule has 0 saturated heterocycles. The highest BCUT2D eigenvalue weighted by molar-refractivity contribution is 4.89. The third kappa shape index (κ3) is 3.97. The van der Waals surface area contributed by atoms with Crippen LogP contribution in [0.25, 0.3) is 0 Å². The van der Waals surface area contributed by atoms with Gasteiger partial charge in [0.05, 0.1) is 12.5 Å². The molecule has 0 aliphatic heterocycles. The number of nitrogens with two attached hydrogens (primary N) is 1. The molecule has 2 N–H and O–H groups in total. The second kappa shape index (κ2) is 5.82. The highest BCUT2D eigenvalue weighted by atomic mass is 16.5. The van der Waals surface area contributed by atoms with E-state index in [2.05, 4.69) is 24.0 Å². The van der Waals surface area contributed by atoms with Gasteiger partial charge in [-0.25, -0.2) is 0 Å². The first kappa shape index (κ1) is 12.1. The van der Waals surface area contributed by atoms with Crippen LogP contribution >= 0.6 is 0 Å². The predicted molar refractivity (Wildman–Crippen MR) is 56.4 cm³/mol. The fourth-order valence-electron chi connectivity index (χ4n) is 1.28. The molecule has 0 bridgehead atoms. The lowest BCUT2D eigenvalue weighted by Gasteiger charge is -2.08. The minimum Gasteiger partial charge on any atom is -0.380 e. The Balaban J connectivity index is 2.52. The first-order chi connectivity index (χ1) is 7.15. The highest BCUT2D eigenvalue weighted by Crippen LogP contribution is 2.07. The van der Waals surface area contributed by atoms with Gasteiger partial charge in [-0.3, -0.25) is 0 Å². The third-order valence-electron chi connectivity index (χ3n) is 2.10. The summed E-state index contributed by atoms with van der Waals surface area (Å²) in [6.45, 7) is 4.69. The van der Waals surface area contributed by atoms with Crippen molar-refractivity contribution in [3.05, 3.63) is 11.7 Å². The van der Waals surface area contributed by atoms with Gasteiger partial charge in [0, 0.05) is 20.1 Å². The van der Waals surface area contributed by atoms with Crippen molar-refractivity contribution < 1.29 is 9.26 Å². The third-order valence-corrected chi connectivity index (χ3v) is 2.10. The Morgan fingerprint density at radius 3 is 2.67 bits per heavy atom. The quantitative estimate of drug-likeness (QED) is 0.756. The first-order valence-electron chi connectivity index (χ1n) is 5.20. The summed E-state index contributed by atoms with van der Waals surface area (Å²) in [5.41, 5.74) is 5.50. The SMILES string of the molecule is COC(CN)Cc1nc(CC(C)C)no1. The zero-order chi connectivity index (χ0) is 11.3. The summed E-state index contributed by atoms with van der Waals surface area (Å²) in [5.74, 6) is 1.89. The summed E-state index contributed by atoms with van der Waals surface area (Å²) in [6, 6.07) is 0. The van der Waals surface area contributed by atoms with Crippen LogP contribution in [0.1, 0.15) is 25.6 Å². The summed E-state index contributed by atoms with van der Waals surface area (Å²) in [7, 11) is 1.63. The lowest BCUT2D eigenvalue weighted by atomic mass is 10.1. The highest BCUT2D eigenvalue weighted by Gasteiger charge is 2.13. The van der Waals surface area contributed by atoms with Crippen LogP contribution in [0.5, 0.6) is 0 Å². The number of ether oxygens (including phenoxy) is 1. The Hall–Kier alpha value is -0.940. The van der Waals surface area contributed by atoms with Crippen molar-refractivity contribution in [2.45, 2.75) is 32.8 Å². The van der Waals surface area contributed by atoms with E-state index in [1.54, 1.807) is 7.11 Å². The van der Waals surface area contributed by atoms with Crippen molar-refractivity contribution >= 4 is 0 Å². The van der Waals surface area contributed by atoms with E-state index in [4.69, 9.17) is 15.0 Å². The standard InChI is InChI=1S/C10H19N3O2/c1-7(2)4-9-12-10(15-13-9)5-8(6-11)14-3/h7-8H,4-6,11H2,1-3H3. The van der Waals surface area contributed by atoms with Crippen molar-refractivity contribution in [2.75, 3.05) is 13.7 Å². The van der Waals surface area contributed by atoms with Crippen LogP contribution in [0.3, 0.4) is 0 Å². The molecule has 5 nitrogen and oxygen atoms in total. The van der Waals surface area contributed by atoms with E-state index in [-0.39, 0.29) is 6.10 Å². The normalized spacial score (nSPS) is 13.4. The molecule has 1 heterocycles. The summed E-state index contributed by atoms with van der Waals surface area (Å²) in [5, 5.41) is 3.90. The van der Waals surface area contributed by atoms with Crippen LogP contribution in [0.4, 0.5) is 0 Å². The second-order valence-corrected chi connectivity index (χ2v) is 4.00. The molecule has 15 heavy (non-hydrogen) atoms. The van der Waals surface area contributed by atoms with Crippen molar-refractivity contribution in [2.24, 2.45) is 11.7 Å². The zero-order valence-corrected chi connectivity index (χ0v) is 9.56. The number of nitrogens with zero attached hydrogens (tertiary/aromatic N) is 2. The minimum atomic E-state index is -0.0441. The molecule has 0 aromatic carbocycles. The number of hydrogen-bond donors (Lipinski definition) is 1. The van der Waals surface area contributed by atoms with Crippen molar-refractivity contribution in [3.8, 4) is 0 Å². The van der Waals surface area contributed by atoms with Gasteiger partial charge in [0.2, 0.25) is 5.89 Å². The fourth-order valence-corrected chi connectivity index (χ4v) is 1.28. The van der Waals surface area contributed by atoms with Gasteiger partial charge in [-0.05, 0) is 5.92 Å².